The van der Waals surface area contributed by atoms with Crippen LogP contribution in [0.2, 0.25) is 0 Å². The van der Waals surface area contributed by atoms with Gasteiger partial charge >= 0.3 is 11.9 Å². The van der Waals surface area contributed by atoms with E-state index in [1.165, 1.54) is 18.7 Å². The Labute approximate surface area is 229 Å². The summed E-state index contributed by atoms with van der Waals surface area (Å²) in [5.74, 6) is -4.41. The minimum atomic E-state index is -1.52. The van der Waals surface area contributed by atoms with Crippen molar-refractivity contribution in [2.24, 2.45) is 5.73 Å². The number of fused-ring (bicyclic) bond motifs is 1. The summed E-state index contributed by atoms with van der Waals surface area (Å²) in [6.07, 6.45) is 1.67. The van der Waals surface area contributed by atoms with Gasteiger partial charge in [-0.3, -0.25) is 19.2 Å². The van der Waals surface area contributed by atoms with Crippen LogP contribution in [0.3, 0.4) is 0 Å². The van der Waals surface area contributed by atoms with Gasteiger partial charge in [-0.25, -0.2) is 4.79 Å². The van der Waals surface area contributed by atoms with Crippen LogP contribution in [0.4, 0.5) is 0 Å². The summed E-state index contributed by atoms with van der Waals surface area (Å²) in [6, 6.07) is 2.08. The van der Waals surface area contributed by atoms with E-state index in [2.05, 4.69) is 20.9 Å². The molecular formula is C25H35N5O8S. The van der Waals surface area contributed by atoms with Crippen LogP contribution in [0.25, 0.3) is 10.9 Å². The van der Waals surface area contributed by atoms with Gasteiger partial charge in [0.15, 0.2) is 0 Å². The fraction of sp³-hybridized carbons (Fsp3) is 0.480. The second-order valence-corrected chi connectivity index (χ2v) is 10.1. The van der Waals surface area contributed by atoms with E-state index in [-0.39, 0.29) is 25.7 Å². The van der Waals surface area contributed by atoms with Crippen LogP contribution in [0.15, 0.2) is 30.5 Å². The highest BCUT2D eigenvalue weighted by molar-refractivity contribution is 7.98. The zero-order valence-electron chi connectivity index (χ0n) is 21.7. The molecule has 13 nitrogen and oxygen atoms in total. The Morgan fingerprint density at radius 2 is 1.64 bits per heavy atom. The minimum Gasteiger partial charge on any atom is -0.481 e. The molecule has 0 aliphatic heterocycles. The van der Waals surface area contributed by atoms with Gasteiger partial charge in [0.1, 0.15) is 18.1 Å². The van der Waals surface area contributed by atoms with Crippen molar-refractivity contribution in [3.05, 3.63) is 36.0 Å². The molecule has 0 aliphatic carbocycles. The molecule has 1 aromatic carbocycles. The Morgan fingerprint density at radius 1 is 0.974 bits per heavy atom. The van der Waals surface area contributed by atoms with Crippen LogP contribution < -0.4 is 21.7 Å². The summed E-state index contributed by atoms with van der Waals surface area (Å²) < 4.78 is 0. The molecule has 214 valence electrons. The average molecular weight is 566 g/mol. The summed E-state index contributed by atoms with van der Waals surface area (Å²) in [6.45, 7) is 1.26. The molecule has 0 fully saturated rings. The molecule has 0 saturated heterocycles. The van der Waals surface area contributed by atoms with E-state index >= 15 is 0 Å². The molecule has 0 aliphatic rings. The predicted octanol–water partition coefficient (Wildman–Crippen LogP) is -0.425. The van der Waals surface area contributed by atoms with Crippen molar-refractivity contribution in [2.75, 3.05) is 12.0 Å². The molecule has 0 spiro atoms. The Kier molecular flexibility index (Phi) is 12.2. The summed E-state index contributed by atoms with van der Waals surface area (Å²) in [5.41, 5.74) is 7.29. The Morgan fingerprint density at radius 3 is 2.26 bits per heavy atom. The number of para-hydroxylation sites is 1. The number of carboxylic acids is 2. The number of nitrogens with one attached hydrogen (secondary N) is 4. The molecule has 0 radical (unpaired) electrons. The number of thioether (sulfide) groups is 1. The molecule has 9 N–H and O–H groups in total. The Bertz CT molecular complexity index is 1170. The van der Waals surface area contributed by atoms with E-state index in [1.54, 1.807) is 18.5 Å². The van der Waals surface area contributed by atoms with E-state index in [1.807, 2.05) is 18.2 Å². The first kappa shape index (κ1) is 31.6. The van der Waals surface area contributed by atoms with Gasteiger partial charge in [-0.05, 0) is 43.4 Å². The number of carbonyl (C=O) groups excluding carboxylic acids is 3. The van der Waals surface area contributed by atoms with E-state index in [0.29, 0.717) is 11.3 Å². The van der Waals surface area contributed by atoms with Gasteiger partial charge in [-0.2, -0.15) is 11.8 Å². The monoisotopic (exact) mass is 565 g/mol. The van der Waals surface area contributed by atoms with Crippen LogP contribution in [-0.2, 0) is 30.4 Å². The van der Waals surface area contributed by atoms with Crippen LogP contribution >= 0.6 is 11.8 Å². The molecule has 5 unspecified atom stereocenters. The SMILES string of the molecule is CSCCC(NC(=O)C(NC(=O)C(Cc1c[nH]c2ccccc12)NC(=O)C(N)CCC(=O)O)C(C)O)C(=O)O. The number of nitrogens with two attached hydrogens (primary N) is 1. The number of aromatic nitrogens is 1. The normalized spacial score (nSPS) is 15.0. The highest BCUT2D eigenvalue weighted by Crippen LogP contribution is 2.19. The number of hydrogen-bond acceptors (Lipinski definition) is 8. The predicted molar refractivity (Wildman–Crippen MR) is 145 cm³/mol. The van der Waals surface area contributed by atoms with Gasteiger partial charge in [0.25, 0.3) is 0 Å². The number of hydrogen-bond donors (Lipinski definition) is 8. The molecular weight excluding hydrogens is 530 g/mol. The number of aromatic amines is 1. The highest BCUT2D eigenvalue weighted by atomic mass is 32.2. The van der Waals surface area contributed by atoms with Gasteiger partial charge < -0.3 is 42.0 Å². The molecule has 2 aromatic rings. The molecule has 1 aromatic heterocycles. The summed E-state index contributed by atoms with van der Waals surface area (Å²) in [4.78, 5) is 64.4. The Balaban J connectivity index is 2.26. The maximum absolute atomic E-state index is 13.4. The molecule has 14 heteroatoms. The van der Waals surface area contributed by atoms with Gasteiger partial charge in [0.2, 0.25) is 17.7 Å². The number of rotatable bonds is 16. The lowest BCUT2D eigenvalue weighted by molar-refractivity contribution is -0.143. The fourth-order valence-electron chi connectivity index (χ4n) is 3.83. The lowest BCUT2D eigenvalue weighted by Crippen LogP contribution is -2.60. The van der Waals surface area contributed by atoms with E-state index < -0.39 is 59.9 Å². The largest absolute Gasteiger partial charge is 0.481 e. The third-order valence-corrected chi connectivity index (χ3v) is 6.67. The lowest BCUT2D eigenvalue weighted by atomic mass is 10.0. The summed E-state index contributed by atoms with van der Waals surface area (Å²) in [7, 11) is 0. The number of carboxylic acid groups (broad SMARTS) is 2. The average Bonchev–Trinajstić information content (AvgIpc) is 3.29. The molecule has 39 heavy (non-hydrogen) atoms. The van der Waals surface area contributed by atoms with Crippen LogP contribution in [0.1, 0.15) is 31.7 Å². The quantitative estimate of drug-likeness (QED) is 0.131. The highest BCUT2D eigenvalue weighted by Gasteiger charge is 2.33. The standard InChI is InChI=1S/C25H35N5O8S/c1-13(31)21(24(36)28-18(25(37)38)9-10-39-2)30-23(35)19(29-22(34)16(26)7-8-20(32)33)11-14-12-27-17-6-4-3-5-15(14)17/h3-6,12-13,16,18-19,21,27,31H,7-11,26H2,1-2H3,(H,28,36)(H,29,34)(H,30,35)(H,32,33)(H,37,38). The van der Waals surface area contributed by atoms with Crippen molar-refractivity contribution in [3.63, 3.8) is 0 Å². The number of benzene rings is 1. The maximum Gasteiger partial charge on any atom is 0.326 e. The lowest BCUT2D eigenvalue weighted by Gasteiger charge is -2.26. The number of amides is 3. The first-order chi connectivity index (χ1) is 18.4. The summed E-state index contributed by atoms with van der Waals surface area (Å²) in [5, 5.41) is 36.6. The molecule has 5 atom stereocenters. The molecule has 0 bridgehead atoms. The smallest absolute Gasteiger partial charge is 0.326 e. The van der Waals surface area contributed by atoms with Gasteiger partial charge in [-0.1, -0.05) is 18.2 Å². The second kappa shape index (κ2) is 15.1. The van der Waals surface area contributed by atoms with Crippen molar-refractivity contribution in [1.29, 1.82) is 0 Å². The molecule has 2 rings (SSSR count). The van der Waals surface area contributed by atoms with Crippen LogP contribution in [0.5, 0.6) is 0 Å². The number of H-pyrrole nitrogens is 1. The van der Waals surface area contributed by atoms with E-state index in [4.69, 9.17) is 10.8 Å². The third-order valence-electron chi connectivity index (χ3n) is 6.03. The van der Waals surface area contributed by atoms with E-state index in [0.717, 1.165) is 10.9 Å². The van der Waals surface area contributed by atoms with Gasteiger partial charge in [0.05, 0.1) is 12.1 Å². The Hall–Kier alpha value is -3.62. The van der Waals surface area contributed by atoms with Crippen LogP contribution in [-0.4, -0.2) is 92.2 Å². The fourth-order valence-corrected chi connectivity index (χ4v) is 4.30. The zero-order valence-corrected chi connectivity index (χ0v) is 22.5. The first-order valence-corrected chi connectivity index (χ1v) is 13.7. The second-order valence-electron chi connectivity index (χ2n) is 9.07. The third kappa shape index (κ3) is 9.57. The first-order valence-electron chi connectivity index (χ1n) is 12.3. The molecule has 0 saturated carbocycles. The number of aliphatic carboxylic acids is 2. The van der Waals surface area contributed by atoms with Crippen molar-refractivity contribution in [2.45, 2.75) is 62.9 Å². The van der Waals surface area contributed by atoms with Crippen LogP contribution in [0, 0.1) is 0 Å². The topological polar surface area (TPSA) is 224 Å². The number of aliphatic hydroxyl groups is 1. The maximum atomic E-state index is 13.4. The van der Waals surface area contributed by atoms with Gasteiger partial charge in [0, 0.05) is 29.9 Å². The zero-order chi connectivity index (χ0) is 29.1. The van der Waals surface area contributed by atoms with Crippen molar-refractivity contribution in [1.82, 2.24) is 20.9 Å². The number of carbonyl (C=O) groups is 5. The van der Waals surface area contributed by atoms with E-state index in [9.17, 15) is 34.2 Å². The minimum absolute atomic E-state index is 0.0210. The van der Waals surface area contributed by atoms with Crippen molar-refractivity contribution < 1.29 is 39.3 Å². The van der Waals surface area contributed by atoms with Crippen molar-refractivity contribution in [3.8, 4) is 0 Å². The summed E-state index contributed by atoms with van der Waals surface area (Å²) >= 11 is 1.40. The molecule has 1 heterocycles. The molecule has 3 amide bonds. The van der Waals surface area contributed by atoms with Crippen molar-refractivity contribution >= 4 is 52.3 Å². The van der Waals surface area contributed by atoms with Gasteiger partial charge in [-0.15, -0.1) is 0 Å². The number of aliphatic hydroxyl groups excluding tert-OH is 1.